The second-order valence-electron chi connectivity index (χ2n) is 5.00. The van der Waals surface area contributed by atoms with Gasteiger partial charge in [0.05, 0.1) is 0 Å². The van der Waals surface area contributed by atoms with E-state index < -0.39 is 0 Å². The van der Waals surface area contributed by atoms with Crippen LogP contribution in [0, 0.1) is 18.1 Å². The van der Waals surface area contributed by atoms with Gasteiger partial charge in [-0.05, 0) is 18.8 Å². The van der Waals surface area contributed by atoms with Crippen molar-refractivity contribution in [1.29, 1.82) is 0 Å². The van der Waals surface area contributed by atoms with Gasteiger partial charge in [0.1, 0.15) is 0 Å². The van der Waals surface area contributed by atoms with Crippen molar-refractivity contribution in [2.24, 2.45) is 5.92 Å². The first-order valence-corrected chi connectivity index (χ1v) is 7.07. The fourth-order valence-corrected chi connectivity index (χ4v) is 2.79. The van der Waals surface area contributed by atoms with Gasteiger partial charge in [-0.2, -0.15) is 17.7 Å². The molecule has 1 saturated carbocycles. The molecule has 0 unspecified atom stereocenters. The molecule has 0 N–H and O–H groups in total. The number of hydrogen-bond donors (Lipinski definition) is 0. The van der Waals surface area contributed by atoms with E-state index in [1.54, 1.807) is 0 Å². The van der Waals surface area contributed by atoms with Gasteiger partial charge in [-0.25, -0.2) is 17.7 Å². The van der Waals surface area contributed by atoms with Crippen molar-refractivity contribution in [3.8, 4) is 0 Å². The maximum absolute atomic E-state index is 3.86. The molecule has 3 rings (SSSR count). The van der Waals surface area contributed by atoms with Crippen LogP contribution >= 0.6 is 0 Å². The van der Waals surface area contributed by atoms with Gasteiger partial charge in [-0.3, -0.25) is 12.2 Å². The Morgan fingerprint density at radius 2 is 1.81 bits per heavy atom. The second kappa shape index (κ2) is 13.8. The second-order valence-corrected chi connectivity index (χ2v) is 5.00. The van der Waals surface area contributed by atoms with E-state index in [2.05, 4.69) is 30.9 Å². The van der Waals surface area contributed by atoms with Crippen LogP contribution in [0.3, 0.4) is 0 Å². The summed E-state index contributed by atoms with van der Waals surface area (Å²) in [7, 11) is 0. The molecule has 0 nitrogen and oxygen atoms in total. The molecular formula is C18H22Cl2Zr. The first kappa shape index (κ1) is 23.4. The summed E-state index contributed by atoms with van der Waals surface area (Å²) in [5, 5.41) is 0. The molecule has 3 aliphatic rings. The number of allylic oxidation sites excluding steroid dienone is 9. The van der Waals surface area contributed by atoms with Crippen LogP contribution in [0.5, 0.6) is 0 Å². The molecule has 0 aromatic carbocycles. The molecule has 112 valence electrons. The summed E-state index contributed by atoms with van der Waals surface area (Å²) in [6, 6.07) is 0. The maximum Gasteiger partial charge on any atom is 4.00 e. The minimum Gasteiger partial charge on any atom is -1.00 e. The van der Waals surface area contributed by atoms with Gasteiger partial charge in [0.25, 0.3) is 0 Å². The summed E-state index contributed by atoms with van der Waals surface area (Å²) < 4.78 is 0. The molecule has 3 heteroatoms. The van der Waals surface area contributed by atoms with Crippen LogP contribution in [-0.4, -0.2) is 0 Å². The van der Waals surface area contributed by atoms with Gasteiger partial charge in [0, 0.05) is 0 Å². The van der Waals surface area contributed by atoms with Gasteiger partial charge < -0.3 is 24.8 Å². The molecule has 0 radical (unpaired) electrons. The van der Waals surface area contributed by atoms with Crippen molar-refractivity contribution >= 4 is 0 Å². The van der Waals surface area contributed by atoms with Crippen molar-refractivity contribution in [2.75, 3.05) is 0 Å². The van der Waals surface area contributed by atoms with E-state index in [4.69, 9.17) is 0 Å². The molecule has 0 bridgehead atoms. The Hall–Kier alpha value is 0.163. The van der Waals surface area contributed by atoms with Gasteiger partial charge in [0.2, 0.25) is 0 Å². The first-order chi connectivity index (χ1) is 8.92. The molecule has 0 heterocycles. The molecule has 0 aromatic rings. The van der Waals surface area contributed by atoms with E-state index in [0.717, 1.165) is 18.8 Å². The standard InChI is InChI=1S/C13H17.C5H5.2ClH.Zr/c1-2-11-9-6-10-13(11)12-7-4-3-5-8-12;1-2-4-5-3-1;;;/h2,9,12H,1,3-8H2;1-3H,4H2;2*1H;/q2*-1;;;+4/p-2. The minimum absolute atomic E-state index is 0. The zero-order valence-electron chi connectivity index (χ0n) is 12.4. The SMILES string of the molecule is C=CC1=CC[C-]=C1C1CCCCC1.[C-]1=CC=CC1.[Cl-].[Cl-].[Zr+4]. The molecule has 3 aliphatic carbocycles. The normalized spacial score (nSPS) is 19.0. The smallest absolute Gasteiger partial charge is 1.00 e. The summed E-state index contributed by atoms with van der Waals surface area (Å²) >= 11 is 0. The first-order valence-electron chi connectivity index (χ1n) is 7.07. The molecular weight excluding hydrogens is 378 g/mol. The van der Waals surface area contributed by atoms with Crippen molar-refractivity contribution in [3.63, 3.8) is 0 Å². The third kappa shape index (κ3) is 7.82. The fourth-order valence-electron chi connectivity index (χ4n) is 2.79. The molecule has 0 spiro atoms. The van der Waals surface area contributed by atoms with Crippen LogP contribution in [0.2, 0.25) is 0 Å². The van der Waals surface area contributed by atoms with E-state index >= 15 is 0 Å². The summed E-state index contributed by atoms with van der Waals surface area (Å²) in [6.07, 6.45) is 25.7. The Balaban J connectivity index is 0. The van der Waals surface area contributed by atoms with E-state index in [-0.39, 0.29) is 51.0 Å². The van der Waals surface area contributed by atoms with Gasteiger partial charge >= 0.3 is 26.2 Å². The molecule has 0 aromatic heterocycles. The quantitative estimate of drug-likeness (QED) is 0.529. The Morgan fingerprint density at radius 3 is 2.29 bits per heavy atom. The largest absolute Gasteiger partial charge is 4.00 e. The van der Waals surface area contributed by atoms with Crippen LogP contribution in [0.25, 0.3) is 0 Å². The summed E-state index contributed by atoms with van der Waals surface area (Å²) in [6.45, 7) is 3.86. The minimum atomic E-state index is 0. The van der Waals surface area contributed by atoms with Crippen LogP contribution < -0.4 is 24.8 Å². The Morgan fingerprint density at radius 1 is 1.10 bits per heavy atom. The molecule has 0 aliphatic heterocycles. The van der Waals surface area contributed by atoms with Crippen LogP contribution in [0.1, 0.15) is 44.9 Å². The summed E-state index contributed by atoms with van der Waals surface area (Å²) in [5.74, 6) is 0.792. The predicted molar refractivity (Wildman–Crippen MR) is 77.8 cm³/mol. The molecule has 0 atom stereocenters. The average molecular weight is 401 g/mol. The Labute approximate surface area is 161 Å². The number of hydrogen-bond acceptors (Lipinski definition) is 0. The predicted octanol–water partition coefficient (Wildman–Crippen LogP) is -0.876. The van der Waals surface area contributed by atoms with Crippen molar-refractivity contribution < 1.29 is 51.0 Å². The monoisotopic (exact) mass is 398 g/mol. The van der Waals surface area contributed by atoms with Gasteiger partial charge in [0.15, 0.2) is 0 Å². The van der Waals surface area contributed by atoms with Crippen molar-refractivity contribution in [1.82, 2.24) is 0 Å². The summed E-state index contributed by atoms with van der Waals surface area (Å²) in [5.41, 5.74) is 2.82. The van der Waals surface area contributed by atoms with E-state index in [1.807, 2.05) is 18.2 Å². The molecule has 0 amide bonds. The van der Waals surface area contributed by atoms with Crippen molar-refractivity contribution in [2.45, 2.75) is 44.9 Å². The van der Waals surface area contributed by atoms with E-state index in [0.29, 0.717) is 0 Å². The third-order valence-electron chi connectivity index (χ3n) is 3.74. The van der Waals surface area contributed by atoms with E-state index in [9.17, 15) is 0 Å². The van der Waals surface area contributed by atoms with Crippen LogP contribution in [0.15, 0.2) is 48.1 Å². The Kier molecular flexibility index (Phi) is 15.4. The van der Waals surface area contributed by atoms with Crippen LogP contribution in [0.4, 0.5) is 0 Å². The Bertz CT molecular complexity index is 389. The van der Waals surface area contributed by atoms with Gasteiger partial charge in [-0.1, -0.05) is 19.3 Å². The zero-order valence-corrected chi connectivity index (χ0v) is 16.3. The summed E-state index contributed by atoms with van der Waals surface area (Å²) in [4.78, 5) is 0. The average Bonchev–Trinajstić information content (AvgIpc) is 3.13. The van der Waals surface area contributed by atoms with Gasteiger partial charge in [-0.15, -0.1) is 25.5 Å². The van der Waals surface area contributed by atoms with Crippen LogP contribution in [-0.2, 0) is 26.2 Å². The molecule has 0 saturated heterocycles. The molecule has 21 heavy (non-hydrogen) atoms. The number of halogens is 2. The third-order valence-corrected chi connectivity index (χ3v) is 3.74. The zero-order chi connectivity index (χ0) is 12.6. The fraction of sp³-hybridized carbons (Fsp3) is 0.444. The number of rotatable bonds is 2. The van der Waals surface area contributed by atoms with Crippen molar-refractivity contribution in [3.05, 3.63) is 60.3 Å². The maximum atomic E-state index is 3.86. The molecule has 1 fully saturated rings. The topological polar surface area (TPSA) is 0 Å². The van der Waals surface area contributed by atoms with E-state index in [1.165, 1.54) is 43.3 Å².